The molecule has 0 aromatic carbocycles. The van der Waals surface area contributed by atoms with Crippen molar-refractivity contribution < 1.29 is 19.1 Å². The zero-order valence-corrected chi connectivity index (χ0v) is 29.7. The number of hydrogen-bond acceptors (Lipinski definition) is 4. The van der Waals surface area contributed by atoms with E-state index in [1.54, 1.807) is 0 Å². The molecule has 0 saturated heterocycles. The third kappa shape index (κ3) is 34.9. The first-order valence-corrected chi connectivity index (χ1v) is 19.2. The van der Waals surface area contributed by atoms with Gasteiger partial charge in [-0.25, -0.2) is 0 Å². The second-order valence-corrected chi connectivity index (χ2v) is 13.0. The second kappa shape index (κ2) is 35.9. The molecule has 0 spiro atoms. The number of rotatable bonds is 34. The van der Waals surface area contributed by atoms with Gasteiger partial charge in [-0.05, 0) is 71.1 Å². The summed E-state index contributed by atoms with van der Waals surface area (Å²) in [6.45, 7) is 6.74. The van der Waals surface area contributed by atoms with E-state index in [0.29, 0.717) is 25.9 Å². The van der Waals surface area contributed by atoms with Gasteiger partial charge in [-0.15, -0.1) is 0 Å². The van der Waals surface area contributed by atoms with Gasteiger partial charge in [0.15, 0.2) is 0 Å². The first-order chi connectivity index (χ1) is 21.6. The predicted octanol–water partition coefficient (Wildman–Crippen LogP) is 12.9. The van der Waals surface area contributed by atoms with Gasteiger partial charge in [0.05, 0.1) is 6.61 Å². The van der Waals surface area contributed by atoms with Crippen molar-refractivity contribution in [2.75, 3.05) is 6.61 Å². The highest BCUT2D eigenvalue weighted by molar-refractivity contribution is 5.69. The lowest BCUT2D eigenvalue weighted by Crippen LogP contribution is -2.18. The molecular formula is C40H74O4. The normalized spacial score (nSPS) is 12.3. The first-order valence-electron chi connectivity index (χ1n) is 19.2. The molecule has 0 radical (unpaired) electrons. The third-order valence-corrected chi connectivity index (χ3v) is 8.41. The van der Waals surface area contributed by atoms with Gasteiger partial charge >= 0.3 is 11.9 Å². The Kier molecular flexibility index (Phi) is 34.6. The molecule has 4 nitrogen and oxygen atoms in total. The summed E-state index contributed by atoms with van der Waals surface area (Å²) in [5.41, 5.74) is 0. The quantitative estimate of drug-likeness (QED) is 0.0409. The Hall–Kier alpha value is -1.58. The van der Waals surface area contributed by atoms with Crippen molar-refractivity contribution in [2.24, 2.45) is 0 Å². The van der Waals surface area contributed by atoms with Crippen LogP contribution in [0.25, 0.3) is 0 Å². The molecule has 0 aliphatic rings. The maximum atomic E-state index is 12.1. The van der Waals surface area contributed by atoms with E-state index in [0.717, 1.165) is 25.7 Å². The van der Waals surface area contributed by atoms with Gasteiger partial charge in [0, 0.05) is 19.3 Å². The van der Waals surface area contributed by atoms with E-state index in [-0.39, 0.29) is 18.0 Å². The molecule has 0 aromatic heterocycles. The van der Waals surface area contributed by atoms with Crippen LogP contribution in [0.2, 0.25) is 0 Å². The molecular weight excluding hydrogens is 544 g/mol. The third-order valence-electron chi connectivity index (χ3n) is 8.41. The second-order valence-electron chi connectivity index (χ2n) is 13.0. The Labute approximate surface area is 274 Å². The lowest BCUT2D eigenvalue weighted by molar-refractivity contribution is -0.150. The number of carbonyl (C=O) groups is 2. The molecule has 0 saturated carbocycles. The number of hydrogen-bond donors (Lipinski definition) is 0. The molecule has 0 amide bonds. The Bertz CT molecular complexity index is 668. The molecule has 0 bridgehead atoms. The smallest absolute Gasteiger partial charge is 0.306 e. The maximum Gasteiger partial charge on any atom is 0.306 e. The summed E-state index contributed by atoms with van der Waals surface area (Å²) in [5.74, 6) is -0.260. The topological polar surface area (TPSA) is 52.6 Å². The molecule has 0 fully saturated rings. The Balaban J connectivity index is 3.45. The predicted molar refractivity (Wildman–Crippen MR) is 190 cm³/mol. The largest absolute Gasteiger partial charge is 0.466 e. The standard InChI is InChI=1S/C40H74O4/c1-4-6-8-10-12-14-16-18-20-22-24-26-28-30-32-34-39(41)43-37-36-38(3)44-40(42)35-33-31-29-27-25-23-21-19-17-15-13-11-9-7-5-2/h18-21,38H,4-17,22-37H2,1-3H3/b20-18-,21-19-. The summed E-state index contributed by atoms with van der Waals surface area (Å²) >= 11 is 0. The van der Waals surface area contributed by atoms with Crippen molar-refractivity contribution in [3.8, 4) is 0 Å². The summed E-state index contributed by atoms with van der Waals surface area (Å²) in [5, 5.41) is 0. The minimum absolute atomic E-state index is 0.130. The van der Waals surface area contributed by atoms with Crippen LogP contribution in [0, 0.1) is 0 Å². The van der Waals surface area contributed by atoms with Crippen LogP contribution in [-0.4, -0.2) is 24.6 Å². The van der Waals surface area contributed by atoms with Crippen LogP contribution in [0.3, 0.4) is 0 Å². The van der Waals surface area contributed by atoms with Crippen LogP contribution in [0.1, 0.15) is 207 Å². The number of esters is 2. The van der Waals surface area contributed by atoms with Crippen LogP contribution in [0.5, 0.6) is 0 Å². The number of allylic oxidation sites excluding steroid dienone is 4. The van der Waals surface area contributed by atoms with E-state index >= 15 is 0 Å². The van der Waals surface area contributed by atoms with Crippen LogP contribution < -0.4 is 0 Å². The zero-order chi connectivity index (χ0) is 32.2. The van der Waals surface area contributed by atoms with Gasteiger partial charge in [-0.2, -0.15) is 0 Å². The highest BCUT2D eigenvalue weighted by Gasteiger charge is 2.11. The molecule has 0 N–H and O–H groups in total. The van der Waals surface area contributed by atoms with E-state index < -0.39 is 0 Å². The zero-order valence-electron chi connectivity index (χ0n) is 29.7. The van der Waals surface area contributed by atoms with Gasteiger partial charge in [0.25, 0.3) is 0 Å². The molecule has 0 rings (SSSR count). The first kappa shape index (κ1) is 42.4. The van der Waals surface area contributed by atoms with Gasteiger partial charge in [-0.1, -0.05) is 141 Å². The molecule has 0 aliphatic heterocycles. The van der Waals surface area contributed by atoms with Crippen LogP contribution in [0.4, 0.5) is 0 Å². The van der Waals surface area contributed by atoms with Gasteiger partial charge < -0.3 is 9.47 Å². The minimum atomic E-state index is -0.210. The highest BCUT2D eigenvalue weighted by atomic mass is 16.6. The SMILES string of the molecule is CCCCCCCC/C=C\CCCCCCCC(=O)OCCC(C)OC(=O)CCCCCCC/C=C\CCCCCCCC. The molecule has 1 unspecified atom stereocenters. The van der Waals surface area contributed by atoms with Crippen molar-refractivity contribution >= 4 is 11.9 Å². The van der Waals surface area contributed by atoms with Crippen molar-refractivity contribution in [3.05, 3.63) is 24.3 Å². The van der Waals surface area contributed by atoms with Gasteiger partial charge in [-0.3, -0.25) is 9.59 Å². The number of carbonyl (C=O) groups excluding carboxylic acids is 2. The Morgan fingerprint density at radius 1 is 0.477 bits per heavy atom. The molecule has 0 aromatic rings. The van der Waals surface area contributed by atoms with Crippen LogP contribution >= 0.6 is 0 Å². The van der Waals surface area contributed by atoms with Crippen molar-refractivity contribution in [3.63, 3.8) is 0 Å². The summed E-state index contributed by atoms with van der Waals surface area (Å²) in [4.78, 5) is 24.1. The summed E-state index contributed by atoms with van der Waals surface area (Å²) in [7, 11) is 0. The van der Waals surface area contributed by atoms with E-state index in [1.165, 1.54) is 141 Å². The summed E-state index contributed by atoms with van der Waals surface area (Å²) in [6.07, 6.45) is 43.2. The molecule has 0 aliphatic carbocycles. The number of ether oxygens (including phenoxy) is 2. The molecule has 1 atom stereocenters. The fraction of sp³-hybridized carbons (Fsp3) is 0.850. The number of unbranched alkanes of at least 4 members (excludes halogenated alkanes) is 22. The molecule has 0 heterocycles. The van der Waals surface area contributed by atoms with Crippen molar-refractivity contribution in [1.82, 2.24) is 0 Å². The average Bonchev–Trinajstić information content (AvgIpc) is 3.01. The highest BCUT2D eigenvalue weighted by Crippen LogP contribution is 2.13. The van der Waals surface area contributed by atoms with Gasteiger partial charge in [0.2, 0.25) is 0 Å². The molecule has 258 valence electrons. The lowest BCUT2D eigenvalue weighted by atomic mass is 10.1. The molecule has 4 heteroatoms. The minimum Gasteiger partial charge on any atom is -0.466 e. The van der Waals surface area contributed by atoms with Crippen LogP contribution in [-0.2, 0) is 19.1 Å². The average molecular weight is 619 g/mol. The van der Waals surface area contributed by atoms with E-state index in [2.05, 4.69) is 38.2 Å². The van der Waals surface area contributed by atoms with Gasteiger partial charge in [0.1, 0.15) is 6.10 Å². The fourth-order valence-electron chi connectivity index (χ4n) is 5.43. The Morgan fingerprint density at radius 2 is 0.818 bits per heavy atom. The lowest BCUT2D eigenvalue weighted by Gasteiger charge is -2.13. The Morgan fingerprint density at radius 3 is 1.23 bits per heavy atom. The fourth-order valence-corrected chi connectivity index (χ4v) is 5.43. The van der Waals surface area contributed by atoms with E-state index in [4.69, 9.17) is 9.47 Å². The van der Waals surface area contributed by atoms with E-state index in [1.807, 2.05) is 6.92 Å². The van der Waals surface area contributed by atoms with Crippen molar-refractivity contribution in [2.45, 2.75) is 213 Å². The van der Waals surface area contributed by atoms with Crippen molar-refractivity contribution in [1.29, 1.82) is 0 Å². The monoisotopic (exact) mass is 619 g/mol. The summed E-state index contributed by atoms with van der Waals surface area (Å²) in [6, 6.07) is 0. The van der Waals surface area contributed by atoms with Crippen LogP contribution in [0.15, 0.2) is 24.3 Å². The maximum absolute atomic E-state index is 12.1. The summed E-state index contributed by atoms with van der Waals surface area (Å²) < 4.78 is 10.9. The van der Waals surface area contributed by atoms with E-state index in [9.17, 15) is 9.59 Å². The molecule has 44 heavy (non-hydrogen) atoms.